The summed E-state index contributed by atoms with van der Waals surface area (Å²) < 4.78 is 11.3. The molecule has 1 aliphatic rings. The molecule has 3 atom stereocenters. The van der Waals surface area contributed by atoms with Crippen LogP contribution in [0.5, 0.6) is 11.5 Å². The van der Waals surface area contributed by atoms with Crippen LogP contribution in [0.25, 0.3) is 0 Å². The third kappa shape index (κ3) is 7.33. The first-order valence-corrected chi connectivity index (χ1v) is 11.4. The molecule has 0 saturated carbocycles. The summed E-state index contributed by atoms with van der Waals surface area (Å²) in [6, 6.07) is 26.9. The average molecular weight is 464 g/mol. The van der Waals surface area contributed by atoms with Crippen molar-refractivity contribution in [1.82, 2.24) is 4.90 Å². The molecule has 1 unspecified atom stereocenters. The summed E-state index contributed by atoms with van der Waals surface area (Å²) >= 11 is 0. The number of methoxy groups -OCH3 is 1. The van der Waals surface area contributed by atoms with Gasteiger partial charge in [0, 0.05) is 12.5 Å². The first kappa shape index (κ1) is 25.3. The lowest BCUT2D eigenvalue weighted by molar-refractivity contribution is -0.146. The number of carbonyl (C=O) groups is 1. The van der Waals surface area contributed by atoms with Gasteiger partial charge in [0.2, 0.25) is 0 Å². The summed E-state index contributed by atoms with van der Waals surface area (Å²) in [5.74, 6) is 1.63. The summed E-state index contributed by atoms with van der Waals surface area (Å²) in [5.41, 5.74) is 1.84. The van der Waals surface area contributed by atoms with E-state index in [0.717, 1.165) is 31.2 Å². The van der Waals surface area contributed by atoms with E-state index in [1.54, 1.807) is 37.4 Å². The van der Waals surface area contributed by atoms with Crippen LogP contribution in [0.4, 0.5) is 0 Å². The molecule has 3 aromatic carbocycles. The summed E-state index contributed by atoms with van der Waals surface area (Å²) in [6.07, 6.45) is -0.215. The van der Waals surface area contributed by atoms with Crippen molar-refractivity contribution >= 4 is 5.97 Å². The van der Waals surface area contributed by atoms with E-state index in [4.69, 9.17) is 19.7 Å². The van der Waals surface area contributed by atoms with Crippen molar-refractivity contribution in [3.63, 3.8) is 0 Å². The number of hydrogen-bond acceptors (Lipinski definition) is 5. The second-order valence-corrected chi connectivity index (χ2v) is 8.47. The van der Waals surface area contributed by atoms with Crippen molar-refractivity contribution in [2.24, 2.45) is 5.92 Å². The molecular formula is C28H33NO5. The van der Waals surface area contributed by atoms with Gasteiger partial charge >= 0.3 is 5.97 Å². The fraction of sp³-hybridized carbons (Fsp3) is 0.321. The molecule has 180 valence electrons. The number of ether oxygens (including phenoxy) is 2. The Labute approximate surface area is 201 Å². The maximum absolute atomic E-state index is 10.2. The molecule has 4 rings (SSSR count). The number of nitrogens with zero attached hydrogens (tertiary/aromatic N) is 1. The van der Waals surface area contributed by atoms with Crippen molar-refractivity contribution < 1.29 is 24.5 Å². The van der Waals surface area contributed by atoms with Gasteiger partial charge in [0.25, 0.3) is 0 Å². The molecule has 0 aromatic heterocycles. The normalized spacial score (nSPS) is 18.8. The minimum atomic E-state index is -1.41. The van der Waals surface area contributed by atoms with Gasteiger partial charge in [0.05, 0.1) is 13.7 Å². The number of carboxylic acid groups (broad SMARTS) is 1. The van der Waals surface area contributed by atoms with Crippen LogP contribution in [0.1, 0.15) is 29.6 Å². The predicted molar refractivity (Wildman–Crippen MR) is 132 cm³/mol. The molecule has 0 aliphatic carbocycles. The highest BCUT2D eigenvalue weighted by Gasteiger charge is 2.29. The Balaban J connectivity index is 0.000000248. The van der Waals surface area contributed by atoms with Crippen LogP contribution < -0.4 is 9.47 Å². The van der Waals surface area contributed by atoms with E-state index in [-0.39, 0.29) is 0 Å². The quantitative estimate of drug-likeness (QED) is 0.533. The fourth-order valence-corrected chi connectivity index (χ4v) is 4.18. The Morgan fingerprint density at radius 2 is 1.56 bits per heavy atom. The van der Waals surface area contributed by atoms with Gasteiger partial charge in [-0.25, -0.2) is 4.79 Å². The van der Waals surface area contributed by atoms with Gasteiger partial charge in [-0.05, 0) is 61.3 Å². The van der Waals surface area contributed by atoms with Crippen LogP contribution in [0, 0.1) is 5.92 Å². The highest BCUT2D eigenvalue weighted by Crippen LogP contribution is 2.33. The largest absolute Gasteiger partial charge is 0.497 e. The van der Waals surface area contributed by atoms with E-state index in [0.29, 0.717) is 17.4 Å². The SMILES string of the molecule is COc1ccc(OC[C@@H]2CN(C)CC[C@H]2c2ccccc2)cc1.O=C(O)C(O)c1ccccc1. The number of benzene rings is 3. The van der Waals surface area contributed by atoms with Crippen molar-refractivity contribution in [2.75, 3.05) is 33.9 Å². The van der Waals surface area contributed by atoms with Gasteiger partial charge in [-0.1, -0.05) is 60.7 Å². The lowest BCUT2D eigenvalue weighted by Gasteiger charge is -2.37. The van der Waals surface area contributed by atoms with Gasteiger partial charge in [-0.3, -0.25) is 0 Å². The molecule has 1 fully saturated rings. The Kier molecular flexibility index (Phi) is 9.50. The fourth-order valence-electron chi connectivity index (χ4n) is 4.18. The van der Waals surface area contributed by atoms with Crippen LogP contribution in [0.2, 0.25) is 0 Å². The molecule has 6 heteroatoms. The lowest BCUT2D eigenvalue weighted by atomic mass is 9.81. The number of piperidine rings is 1. The van der Waals surface area contributed by atoms with Crippen LogP contribution >= 0.6 is 0 Å². The zero-order chi connectivity index (χ0) is 24.3. The molecule has 1 saturated heterocycles. The summed E-state index contributed by atoms with van der Waals surface area (Å²) in [6.45, 7) is 2.98. The Morgan fingerprint density at radius 1 is 0.971 bits per heavy atom. The minimum absolute atomic E-state index is 0.403. The van der Waals surface area contributed by atoms with E-state index >= 15 is 0 Å². The Bertz CT molecular complexity index is 994. The number of aliphatic carboxylic acids is 1. The number of rotatable bonds is 7. The molecule has 3 aromatic rings. The maximum atomic E-state index is 10.2. The first-order chi connectivity index (χ1) is 16.5. The minimum Gasteiger partial charge on any atom is -0.497 e. The summed E-state index contributed by atoms with van der Waals surface area (Å²) in [5, 5.41) is 17.4. The standard InChI is InChI=1S/C20H25NO2.C8H8O3/c1-21-13-12-20(16-6-4-3-5-7-16)17(14-21)15-23-19-10-8-18(22-2)9-11-19;9-7(8(10)11)6-4-2-1-3-5-6/h3-11,17,20H,12-15H2,1-2H3;1-5,7,9H,(H,10,11)/t17-,20-;/m0./s1. The molecule has 0 spiro atoms. The average Bonchev–Trinajstić information content (AvgIpc) is 2.88. The molecule has 0 amide bonds. The van der Waals surface area contributed by atoms with Crippen LogP contribution in [-0.2, 0) is 4.79 Å². The van der Waals surface area contributed by atoms with Gasteiger partial charge in [-0.15, -0.1) is 0 Å². The van der Waals surface area contributed by atoms with E-state index in [9.17, 15) is 4.79 Å². The molecule has 6 nitrogen and oxygen atoms in total. The second-order valence-electron chi connectivity index (χ2n) is 8.47. The Hall–Kier alpha value is -3.35. The number of aliphatic hydroxyl groups excluding tert-OH is 1. The van der Waals surface area contributed by atoms with E-state index < -0.39 is 12.1 Å². The highest BCUT2D eigenvalue weighted by atomic mass is 16.5. The predicted octanol–water partition coefficient (Wildman–Crippen LogP) is 4.61. The van der Waals surface area contributed by atoms with Crippen molar-refractivity contribution in [3.05, 3.63) is 96.1 Å². The van der Waals surface area contributed by atoms with Crippen molar-refractivity contribution in [3.8, 4) is 11.5 Å². The molecule has 0 bridgehead atoms. The molecule has 2 N–H and O–H groups in total. The number of carboxylic acids is 1. The van der Waals surface area contributed by atoms with Gasteiger partial charge < -0.3 is 24.6 Å². The molecule has 34 heavy (non-hydrogen) atoms. The number of aliphatic hydroxyl groups is 1. The maximum Gasteiger partial charge on any atom is 0.337 e. The second kappa shape index (κ2) is 12.8. The molecule has 0 radical (unpaired) electrons. The van der Waals surface area contributed by atoms with Gasteiger partial charge in [-0.2, -0.15) is 0 Å². The zero-order valence-corrected chi connectivity index (χ0v) is 19.7. The zero-order valence-electron chi connectivity index (χ0n) is 19.7. The first-order valence-electron chi connectivity index (χ1n) is 11.4. The molecule has 1 heterocycles. The van der Waals surface area contributed by atoms with Crippen molar-refractivity contribution in [2.45, 2.75) is 18.4 Å². The van der Waals surface area contributed by atoms with Gasteiger partial charge in [0.15, 0.2) is 6.10 Å². The lowest BCUT2D eigenvalue weighted by Crippen LogP contribution is -2.39. The summed E-state index contributed by atoms with van der Waals surface area (Å²) in [7, 11) is 3.87. The van der Waals surface area contributed by atoms with E-state index in [1.165, 1.54) is 12.0 Å². The number of likely N-dealkylation sites (tertiary alicyclic amines) is 1. The third-order valence-electron chi connectivity index (χ3n) is 6.04. The van der Waals surface area contributed by atoms with Crippen LogP contribution in [0.3, 0.4) is 0 Å². The molecular weight excluding hydrogens is 430 g/mol. The molecule has 1 aliphatic heterocycles. The summed E-state index contributed by atoms with van der Waals surface area (Å²) in [4.78, 5) is 12.7. The van der Waals surface area contributed by atoms with E-state index in [2.05, 4.69) is 42.3 Å². The van der Waals surface area contributed by atoms with Crippen molar-refractivity contribution in [1.29, 1.82) is 0 Å². The smallest absolute Gasteiger partial charge is 0.337 e. The topological polar surface area (TPSA) is 79.2 Å². The third-order valence-corrected chi connectivity index (χ3v) is 6.04. The highest BCUT2D eigenvalue weighted by molar-refractivity contribution is 5.73. The van der Waals surface area contributed by atoms with Crippen LogP contribution in [-0.4, -0.2) is 54.9 Å². The number of hydrogen-bond donors (Lipinski definition) is 2. The van der Waals surface area contributed by atoms with Crippen LogP contribution in [0.15, 0.2) is 84.9 Å². The van der Waals surface area contributed by atoms with Gasteiger partial charge in [0.1, 0.15) is 11.5 Å². The van der Waals surface area contributed by atoms with E-state index in [1.807, 2.05) is 24.3 Å². The Morgan fingerprint density at radius 3 is 2.15 bits per heavy atom. The monoisotopic (exact) mass is 463 g/mol.